The number of amides is 3. The number of hydrogen-bond acceptors (Lipinski definition) is 5. The Bertz CT molecular complexity index is 704. The lowest BCUT2D eigenvalue weighted by Gasteiger charge is -2.28. The number of anilines is 1. The number of likely N-dealkylation sites (tertiary alicyclic amines) is 1. The molecule has 1 N–H and O–H groups in total. The molecule has 1 saturated heterocycles. The third kappa shape index (κ3) is 2.28. The van der Waals surface area contributed by atoms with Crippen molar-refractivity contribution in [2.24, 2.45) is 23.7 Å². The highest BCUT2D eigenvalue weighted by atomic mass is 79.9. The molecule has 3 fully saturated rings. The number of fused-ring (bicyclic) bond motifs is 5. The molecule has 1 aromatic rings. The van der Waals surface area contributed by atoms with E-state index in [0.29, 0.717) is 5.76 Å². The van der Waals surface area contributed by atoms with Gasteiger partial charge in [-0.3, -0.25) is 19.3 Å². The quantitative estimate of drug-likeness (QED) is 0.547. The summed E-state index contributed by atoms with van der Waals surface area (Å²) in [5.41, 5.74) is 0. The minimum Gasteiger partial charge on any atom is -0.360 e. The zero-order valence-corrected chi connectivity index (χ0v) is 15.9. The summed E-state index contributed by atoms with van der Waals surface area (Å²) in [5.74, 6) is -0.386. The molecule has 24 heavy (non-hydrogen) atoms. The van der Waals surface area contributed by atoms with Crippen molar-refractivity contribution in [2.45, 2.75) is 23.0 Å². The third-order valence-electron chi connectivity index (χ3n) is 5.28. The van der Waals surface area contributed by atoms with E-state index in [1.165, 1.54) is 0 Å². The van der Waals surface area contributed by atoms with Crippen molar-refractivity contribution in [1.82, 2.24) is 10.1 Å². The first-order chi connectivity index (χ1) is 11.4. The Balaban J connectivity index is 1.48. The zero-order chi connectivity index (χ0) is 17.2. The number of halogens is 2. The van der Waals surface area contributed by atoms with Gasteiger partial charge in [0.2, 0.25) is 17.7 Å². The molecule has 3 aliphatic rings. The first-order valence-corrected chi connectivity index (χ1v) is 9.58. The summed E-state index contributed by atoms with van der Waals surface area (Å²) in [6.45, 7) is 1.43. The minimum atomic E-state index is -0.455. The number of rotatable bonds is 3. The van der Waals surface area contributed by atoms with Crippen LogP contribution in [0.15, 0.2) is 10.6 Å². The molecular weight excluding hydrogens is 446 g/mol. The standard InChI is InChI=1S/C15H15Br2N3O4/c1-5-2-8(19-24-5)18-9(21)4-20-14(22)10-6-3-7(11(10)15(20)23)13(17)12(6)16/h2,6-7,10-13H,3-4H2,1H3,(H,18,19,21)/t6-,7-,10-,11-,12-,13+/m0/s1. The molecule has 7 nitrogen and oxygen atoms in total. The summed E-state index contributed by atoms with van der Waals surface area (Å²) >= 11 is 7.27. The highest BCUT2D eigenvalue weighted by Crippen LogP contribution is 2.60. The van der Waals surface area contributed by atoms with Crippen LogP contribution >= 0.6 is 31.9 Å². The van der Waals surface area contributed by atoms with E-state index in [2.05, 4.69) is 42.3 Å². The monoisotopic (exact) mass is 459 g/mol. The van der Waals surface area contributed by atoms with Crippen LogP contribution in [-0.4, -0.2) is 44.0 Å². The number of imide groups is 1. The SMILES string of the molecule is Cc1cc(NC(=O)CN2C(=O)[C@H]3[C@@H]4C[C@H]([C@@H](Br)[C@H]4Br)[C@@H]3C2=O)no1. The summed E-state index contributed by atoms with van der Waals surface area (Å²) < 4.78 is 4.88. The maximum atomic E-state index is 12.7. The highest BCUT2D eigenvalue weighted by Gasteiger charge is 2.66. The van der Waals surface area contributed by atoms with Crippen molar-refractivity contribution >= 4 is 55.4 Å². The van der Waals surface area contributed by atoms with Gasteiger partial charge in [0.25, 0.3) is 0 Å². The number of carbonyl (C=O) groups excluding carboxylic acids is 3. The summed E-state index contributed by atoms with van der Waals surface area (Å²) in [4.78, 5) is 39.0. The van der Waals surface area contributed by atoms with Crippen LogP contribution in [0, 0.1) is 30.6 Å². The number of alkyl halides is 2. The lowest BCUT2D eigenvalue weighted by atomic mass is 9.81. The molecule has 9 heteroatoms. The van der Waals surface area contributed by atoms with Crippen LogP contribution in [0.3, 0.4) is 0 Å². The van der Waals surface area contributed by atoms with Gasteiger partial charge in [-0.2, -0.15) is 0 Å². The fourth-order valence-electron chi connectivity index (χ4n) is 4.32. The Morgan fingerprint density at radius 2 is 1.88 bits per heavy atom. The summed E-state index contributed by atoms with van der Waals surface area (Å²) in [6, 6.07) is 1.57. The second-order valence-electron chi connectivity index (χ2n) is 6.64. The predicted octanol–water partition coefficient (Wildman–Crippen LogP) is 1.70. The molecule has 0 aromatic carbocycles. The number of nitrogens with one attached hydrogen (secondary N) is 1. The van der Waals surface area contributed by atoms with Gasteiger partial charge in [-0.25, -0.2) is 0 Å². The largest absolute Gasteiger partial charge is 0.360 e. The van der Waals surface area contributed by atoms with Crippen LogP contribution in [-0.2, 0) is 14.4 Å². The summed E-state index contributed by atoms with van der Waals surface area (Å²) in [5, 5.41) is 6.22. The van der Waals surface area contributed by atoms with E-state index in [1.54, 1.807) is 13.0 Å². The van der Waals surface area contributed by atoms with E-state index in [4.69, 9.17) is 4.52 Å². The predicted molar refractivity (Wildman–Crippen MR) is 90.6 cm³/mol. The number of aromatic nitrogens is 1. The average molecular weight is 461 g/mol. The van der Waals surface area contributed by atoms with Crippen molar-refractivity contribution in [3.63, 3.8) is 0 Å². The van der Waals surface area contributed by atoms with Gasteiger partial charge in [-0.05, 0) is 25.2 Å². The van der Waals surface area contributed by atoms with Crippen LogP contribution in [0.25, 0.3) is 0 Å². The van der Waals surface area contributed by atoms with Gasteiger partial charge in [0.15, 0.2) is 5.82 Å². The van der Waals surface area contributed by atoms with Crippen LogP contribution in [0.2, 0.25) is 0 Å². The molecule has 3 amide bonds. The number of hydrogen-bond donors (Lipinski definition) is 1. The van der Waals surface area contributed by atoms with E-state index >= 15 is 0 Å². The number of carbonyl (C=O) groups is 3. The van der Waals surface area contributed by atoms with Crippen LogP contribution in [0.1, 0.15) is 12.2 Å². The van der Waals surface area contributed by atoms with Gasteiger partial charge >= 0.3 is 0 Å². The van der Waals surface area contributed by atoms with Crippen LogP contribution in [0.5, 0.6) is 0 Å². The van der Waals surface area contributed by atoms with Crippen molar-refractivity contribution < 1.29 is 18.9 Å². The maximum absolute atomic E-state index is 12.7. The third-order valence-corrected chi connectivity index (χ3v) is 8.48. The molecule has 0 unspecified atom stereocenters. The van der Waals surface area contributed by atoms with Crippen molar-refractivity contribution in [3.8, 4) is 0 Å². The van der Waals surface area contributed by atoms with E-state index in [-0.39, 0.29) is 57.5 Å². The minimum absolute atomic E-state index is 0.145. The van der Waals surface area contributed by atoms with Gasteiger partial charge in [-0.1, -0.05) is 37.0 Å². The Morgan fingerprint density at radius 3 is 2.38 bits per heavy atom. The van der Waals surface area contributed by atoms with Crippen molar-refractivity contribution in [2.75, 3.05) is 11.9 Å². The topological polar surface area (TPSA) is 92.5 Å². The molecular formula is C15H15Br2N3O4. The molecule has 6 atom stereocenters. The lowest BCUT2D eigenvalue weighted by Crippen LogP contribution is -2.39. The van der Waals surface area contributed by atoms with Crippen molar-refractivity contribution in [3.05, 3.63) is 11.8 Å². The highest BCUT2D eigenvalue weighted by molar-refractivity contribution is 9.12. The second kappa shape index (κ2) is 5.66. The molecule has 2 heterocycles. The molecule has 1 aromatic heterocycles. The lowest BCUT2D eigenvalue weighted by molar-refractivity contribution is -0.143. The Hall–Kier alpha value is -1.22. The fraction of sp³-hybridized carbons (Fsp3) is 0.600. The van der Waals surface area contributed by atoms with Gasteiger partial charge in [0, 0.05) is 15.7 Å². The van der Waals surface area contributed by atoms with Gasteiger partial charge in [-0.15, -0.1) is 0 Å². The Labute approximate surface area is 154 Å². The van der Waals surface area contributed by atoms with Crippen LogP contribution in [0.4, 0.5) is 5.82 Å². The van der Waals surface area contributed by atoms with E-state index in [9.17, 15) is 14.4 Å². The Morgan fingerprint density at radius 1 is 1.29 bits per heavy atom. The zero-order valence-electron chi connectivity index (χ0n) is 12.7. The summed E-state index contributed by atoms with van der Waals surface area (Å²) in [6.07, 6.45) is 0.872. The number of nitrogens with zero attached hydrogens (tertiary/aromatic N) is 2. The molecule has 2 saturated carbocycles. The molecule has 2 aliphatic carbocycles. The molecule has 2 bridgehead atoms. The second-order valence-corrected chi connectivity index (χ2v) is 8.75. The average Bonchev–Trinajstić information content (AvgIpc) is 3.23. The summed E-state index contributed by atoms with van der Waals surface area (Å²) in [7, 11) is 0. The molecule has 1 aliphatic heterocycles. The number of aryl methyl sites for hydroxylation is 1. The fourth-order valence-corrected chi connectivity index (χ4v) is 6.19. The maximum Gasteiger partial charge on any atom is 0.245 e. The van der Waals surface area contributed by atoms with Crippen molar-refractivity contribution in [1.29, 1.82) is 0 Å². The first kappa shape index (κ1) is 16.3. The van der Waals surface area contributed by atoms with Gasteiger partial charge < -0.3 is 9.84 Å². The van der Waals surface area contributed by atoms with Gasteiger partial charge in [0.05, 0.1) is 11.8 Å². The van der Waals surface area contributed by atoms with Crippen LogP contribution < -0.4 is 5.32 Å². The molecule has 0 radical (unpaired) electrons. The molecule has 4 rings (SSSR count). The first-order valence-electron chi connectivity index (χ1n) is 7.75. The smallest absolute Gasteiger partial charge is 0.245 e. The van der Waals surface area contributed by atoms with Gasteiger partial charge in [0.1, 0.15) is 12.3 Å². The molecule has 0 spiro atoms. The van der Waals surface area contributed by atoms with E-state index < -0.39 is 5.91 Å². The normalized spacial score (nSPS) is 37.2. The Kier molecular flexibility index (Phi) is 3.83. The van der Waals surface area contributed by atoms with E-state index in [0.717, 1.165) is 11.3 Å². The molecule has 128 valence electrons. The van der Waals surface area contributed by atoms with E-state index in [1.807, 2.05) is 0 Å².